The molecule has 0 aliphatic carbocycles. The van der Waals surface area contributed by atoms with Gasteiger partial charge in [0.1, 0.15) is 0 Å². The second kappa shape index (κ2) is 28.9. The number of rotatable bonds is 23. The Morgan fingerprint density at radius 2 is 1.11 bits per heavy atom. The molecular formula is C34H53NO3. The van der Waals surface area contributed by atoms with E-state index in [-0.39, 0.29) is 12.5 Å². The molecule has 38 heavy (non-hydrogen) atoms. The Kier molecular flexibility index (Phi) is 26.8. The second-order valence-electron chi connectivity index (χ2n) is 9.08. The summed E-state index contributed by atoms with van der Waals surface area (Å²) in [5, 5.41) is 22.2. The Morgan fingerprint density at radius 1 is 0.658 bits per heavy atom. The van der Waals surface area contributed by atoms with Crippen LogP contribution in [0.1, 0.15) is 90.9 Å². The highest BCUT2D eigenvalue weighted by atomic mass is 16.3. The molecule has 0 radical (unpaired) electrons. The second-order valence-corrected chi connectivity index (χ2v) is 9.08. The SMILES string of the molecule is CC/C=C\C/C=C\C/C=C\C/C=C\C/C=C\C/C=C\C/C=C\CCCC(=O)NC(CO)C(O)/C=C/CCC. The van der Waals surface area contributed by atoms with Crippen LogP contribution in [0.3, 0.4) is 0 Å². The summed E-state index contributed by atoms with van der Waals surface area (Å²) >= 11 is 0. The van der Waals surface area contributed by atoms with E-state index in [0.29, 0.717) is 6.42 Å². The third-order valence-electron chi connectivity index (χ3n) is 5.55. The number of hydrogen-bond acceptors (Lipinski definition) is 3. The Labute approximate surface area is 233 Å². The van der Waals surface area contributed by atoms with Gasteiger partial charge in [-0.25, -0.2) is 0 Å². The Bertz CT molecular complexity index is 784. The molecule has 2 atom stereocenters. The van der Waals surface area contributed by atoms with Gasteiger partial charge in [-0.2, -0.15) is 0 Å². The predicted octanol–water partition coefficient (Wildman–Crippen LogP) is 8.00. The van der Waals surface area contributed by atoms with E-state index in [4.69, 9.17) is 0 Å². The van der Waals surface area contributed by atoms with Crippen molar-refractivity contribution >= 4 is 5.91 Å². The molecule has 0 aromatic carbocycles. The number of carbonyl (C=O) groups is 1. The van der Waals surface area contributed by atoms with Gasteiger partial charge < -0.3 is 15.5 Å². The fourth-order valence-corrected chi connectivity index (χ4v) is 3.35. The average molecular weight is 524 g/mol. The van der Waals surface area contributed by atoms with E-state index in [1.807, 2.05) is 6.08 Å². The molecule has 3 N–H and O–H groups in total. The zero-order valence-electron chi connectivity index (χ0n) is 23.9. The van der Waals surface area contributed by atoms with Crippen LogP contribution in [0.25, 0.3) is 0 Å². The van der Waals surface area contributed by atoms with E-state index in [2.05, 4.69) is 104 Å². The van der Waals surface area contributed by atoms with Gasteiger partial charge in [0.25, 0.3) is 0 Å². The van der Waals surface area contributed by atoms with Gasteiger partial charge in [0, 0.05) is 6.42 Å². The first-order chi connectivity index (χ1) is 18.7. The van der Waals surface area contributed by atoms with Crippen LogP contribution in [-0.4, -0.2) is 34.9 Å². The van der Waals surface area contributed by atoms with Crippen LogP contribution >= 0.6 is 0 Å². The van der Waals surface area contributed by atoms with Crippen LogP contribution < -0.4 is 5.32 Å². The minimum Gasteiger partial charge on any atom is -0.394 e. The van der Waals surface area contributed by atoms with Gasteiger partial charge in [0.05, 0.1) is 18.8 Å². The highest BCUT2D eigenvalue weighted by molar-refractivity contribution is 5.76. The van der Waals surface area contributed by atoms with Crippen molar-refractivity contribution in [2.24, 2.45) is 0 Å². The highest BCUT2D eigenvalue weighted by Gasteiger charge is 2.17. The molecule has 0 fully saturated rings. The predicted molar refractivity (Wildman–Crippen MR) is 165 cm³/mol. The van der Waals surface area contributed by atoms with Crippen LogP contribution in [0.2, 0.25) is 0 Å². The first-order valence-electron chi connectivity index (χ1n) is 14.5. The molecule has 4 nitrogen and oxygen atoms in total. The summed E-state index contributed by atoms with van der Waals surface area (Å²) < 4.78 is 0. The maximum Gasteiger partial charge on any atom is 0.220 e. The van der Waals surface area contributed by atoms with E-state index in [1.165, 1.54) is 0 Å². The van der Waals surface area contributed by atoms with Crippen LogP contribution in [0.4, 0.5) is 0 Å². The zero-order chi connectivity index (χ0) is 27.9. The number of hydrogen-bond donors (Lipinski definition) is 3. The third kappa shape index (κ3) is 25.0. The van der Waals surface area contributed by atoms with Gasteiger partial charge in [-0.05, 0) is 64.2 Å². The summed E-state index contributed by atoms with van der Waals surface area (Å²) in [7, 11) is 0. The molecule has 1 amide bonds. The minimum absolute atomic E-state index is 0.141. The quantitative estimate of drug-likeness (QED) is 0.0939. The van der Waals surface area contributed by atoms with Crippen LogP contribution in [0, 0.1) is 0 Å². The summed E-state index contributed by atoms with van der Waals surface area (Å²) in [5.74, 6) is -0.141. The van der Waals surface area contributed by atoms with Crippen LogP contribution in [0.15, 0.2) is 97.2 Å². The molecule has 0 heterocycles. The first-order valence-corrected chi connectivity index (χ1v) is 14.5. The maximum atomic E-state index is 12.1. The molecule has 0 aliphatic heterocycles. The van der Waals surface area contributed by atoms with Crippen molar-refractivity contribution < 1.29 is 15.0 Å². The lowest BCUT2D eigenvalue weighted by atomic mass is 10.1. The van der Waals surface area contributed by atoms with Gasteiger partial charge in [0.2, 0.25) is 5.91 Å². The number of carbonyl (C=O) groups excluding carboxylic acids is 1. The number of nitrogens with one attached hydrogen (secondary N) is 1. The smallest absolute Gasteiger partial charge is 0.220 e. The third-order valence-corrected chi connectivity index (χ3v) is 5.55. The number of aliphatic hydroxyl groups is 2. The summed E-state index contributed by atoms with van der Waals surface area (Å²) in [4.78, 5) is 12.1. The van der Waals surface area contributed by atoms with Gasteiger partial charge in [0.15, 0.2) is 0 Å². The van der Waals surface area contributed by atoms with Crippen LogP contribution in [0.5, 0.6) is 0 Å². The van der Waals surface area contributed by atoms with Crippen molar-refractivity contribution in [2.75, 3.05) is 6.61 Å². The van der Waals surface area contributed by atoms with Crippen molar-refractivity contribution in [1.29, 1.82) is 0 Å². The average Bonchev–Trinajstić information content (AvgIpc) is 2.92. The number of allylic oxidation sites excluding steroid dienone is 15. The molecule has 2 unspecified atom stereocenters. The van der Waals surface area contributed by atoms with Crippen LogP contribution in [-0.2, 0) is 4.79 Å². The number of amides is 1. The molecule has 0 rings (SSSR count). The molecule has 0 aromatic rings. The molecule has 0 saturated carbocycles. The summed E-state index contributed by atoms with van der Waals surface area (Å²) in [6.45, 7) is 3.93. The zero-order valence-corrected chi connectivity index (χ0v) is 23.9. The molecule has 0 aromatic heterocycles. The van der Waals surface area contributed by atoms with Gasteiger partial charge in [-0.3, -0.25) is 4.79 Å². The fraction of sp³-hybridized carbons (Fsp3) is 0.500. The molecule has 0 bridgehead atoms. The molecule has 212 valence electrons. The van der Waals surface area contributed by atoms with Gasteiger partial charge >= 0.3 is 0 Å². The van der Waals surface area contributed by atoms with Crippen molar-refractivity contribution in [3.8, 4) is 0 Å². The fourth-order valence-electron chi connectivity index (χ4n) is 3.35. The lowest BCUT2D eigenvalue weighted by Crippen LogP contribution is -2.45. The Hall–Kier alpha value is -2.69. The van der Waals surface area contributed by atoms with E-state index in [1.54, 1.807) is 6.08 Å². The normalized spacial score (nSPS) is 14.7. The van der Waals surface area contributed by atoms with Crippen molar-refractivity contribution in [2.45, 2.75) is 103 Å². The number of unbranched alkanes of at least 4 members (excludes halogenated alkanes) is 2. The Morgan fingerprint density at radius 3 is 1.53 bits per heavy atom. The topological polar surface area (TPSA) is 69.6 Å². The highest BCUT2D eigenvalue weighted by Crippen LogP contribution is 2.03. The molecule has 0 saturated heterocycles. The monoisotopic (exact) mass is 523 g/mol. The minimum atomic E-state index is -0.864. The molecule has 0 aliphatic rings. The van der Waals surface area contributed by atoms with Crippen molar-refractivity contribution in [3.05, 3.63) is 97.2 Å². The maximum absolute atomic E-state index is 12.1. The summed E-state index contributed by atoms with van der Waals surface area (Å²) in [6.07, 6.45) is 44.0. The molecule has 4 heteroatoms. The van der Waals surface area contributed by atoms with Crippen molar-refractivity contribution in [1.82, 2.24) is 5.32 Å². The number of aliphatic hydroxyl groups excluding tert-OH is 2. The van der Waals surface area contributed by atoms with E-state index < -0.39 is 12.1 Å². The summed E-state index contributed by atoms with van der Waals surface area (Å²) in [6, 6.07) is -0.653. The van der Waals surface area contributed by atoms with E-state index in [9.17, 15) is 15.0 Å². The molecule has 0 spiro atoms. The standard InChI is InChI=1S/C34H53NO3/c1-3-5-7-8-9-10-11-12-13-14-15-16-17-18-19-20-21-22-23-24-25-26-28-30-34(38)35-32(31-36)33(37)29-27-6-4-2/h5,7,9-10,12-13,15-16,18-19,21-22,24-25,27,29,32-33,36-37H,3-4,6,8,11,14,17,20,23,26,28,30-31H2,1-2H3,(H,35,38)/b7-5-,10-9-,13-12-,16-15-,19-18-,22-21-,25-24-,29-27+. The lowest BCUT2D eigenvalue weighted by molar-refractivity contribution is -0.122. The van der Waals surface area contributed by atoms with Gasteiger partial charge in [-0.15, -0.1) is 0 Å². The van der Waals surface area contributed by atoms with E-state index in [0.717, 1.165) is 70.6 Å². The lowest BCUT2D eigenvalue weighted by Gasteiger charge is -2.19. The molecular weight excluding hydrogens is 470 g/mol. The Balaban J connectivity index is 3.78. The van der Waals surface area contributed by atoms with Crippen molar-refractivity contribution in [3.63, 3.8) is 0 Å². The first kappa shape index (κ1) is 35.3. The summed E-state index contributed by atoms with van der Waals surface area (Å²) in [5.41, 5.74) is 0. The largest absolute Gasteiger partial charge is 0.394 e. The van der Waals surface area contributed by atoms with E-state index >= 15 is 0 Å². The van der Waals surface area contributed by atoms with Gasteiger partial charge in [-0.1, -0.05) is 117 Å².